The van der Waals surface area contributed by atoms with E-state index in [9.17, 15) is 4.79 Å². The predicted octanol–water partition coefficient (Wildman–Crippen LogP) is 2.83. The van der Waals surface area contributed by atoms with Gasteiger partial charge in [-0.25, -0.2) is 4.68 Å². The molecule has 0 aliphatic heterocycles. The zero-order chi connectivity index (χ0) is 20.8. The lowest BCUT2D eigenvalue weighted by molar-refractivity contribution is 0.0955. The van der Waals surface area contributed by atoms with E-state index in [1.165, 1.54) is 0 Å². The first-order valence-corrected chi connectivity index (χ1v) is 9.61. The number of benzene rings is 1. The lowest BCUT2D eigenvalue weighted by Gasteiger charge is -2.09. The normalized spacial score (nSPS) is 10.6. The summed E-state index contributed by atoms with van der Waals surface area (Å²) in [5.74, 6) is 1.94. The van der Waals surface area contributed by atoms with Crippen molar-refractivity contribution in [1.29, 1.82) is 0 Å². The van der Waals surface area contributed by atoms with Crippen molar-refractivity contribution < 1.29 is 9.53 Å². The van der Waals surface area contributed by atoms with Crippen molar-refractivity contribution in [3.05, 3.63) is 58.9 Å². The number of aryl methyl sites for hydroxylation is 1. The summed E-state index contributed by atoms with van der Waals surface area (Å²) in [7, 11) is 0. The second-order valence-electron chi connectivity index (χ2n) is 6.62. The Morgan fingerprint density at radius 1 is 1.03 bits per heavy atom. The Hall–Kier alpha value is -3.42. The van der Waals surface area contributed by atoms with Gasteiger partial charge in [-0.2, -0.15) is 5.10 Å². The summed E-state index contributed by atoms with van der Waals surface area (Å²) in [4.78, 5) is 12.2. The van der Waals surface area contributed by atoms with Crippen molar-refractivity contribution in [3.8, 4) is 11.6 Å². The first-order valence-electron chi connectivity index (χ1n) is 9.61. The first kappa shape index (κ1) is 20.3. The van der Waals surface area contributed by atoms with Crippen LogP contribution in [-0.4, -0.2) is 45.6 Å². The van der Waals surface area contributed by atoms with Gasteiger partial charge in [0.25, 0.3) is 5.91 Å². The molecule has 0 atom stereocenters. The minimum atomic E-state index is -0.129. The van der Waals surface area contributed by atoms with E-state index in [0.29, 0.717) is 36.9 Å². The number of nitrogens with zero attached hydrogens (tertiary/aromatic N) is 4. The fourth-order valence-corrected chi connectivity index (χ4v) is 2.81. The molecule has 0 radical (unpaired) electrons. The highest BCUT2D eigenvalue weighted by atomic mass is 16.5. The largest absolute Gasteiger partial charge is 0.494 e. The maximum absolute atomic E-state index is 12.2. The molecule has 0 saturated carbocycles. The van der Waals surface area contributed by atoms with Gasteiger partial charge in [0.1, 0.15) is 11.6 Å². The van der Waals surface area contributed by atoms with Gasteiger partial charge in [-0.3, -0.25) is 4.79 Å². The SMILES string of the molecule is CCOc1ccc(C(=O)NCCNc2ccc(-n3nc(C)c(C)c3C)nn2)cc1. The molecular formula is C21H26N6O2. The molecule has 3 rings (SSSR count). The molecule has 0 bridgehead atoms. The van der Waals surface area contributed by atoms with Gasteiger partial charge in [-0.15, -0.1) is 10.2 Å². The van der Waals surface area contributed by atoms with Crippen molar-refractivity contribution in [2.45, 2.75) is 27.7 Å². The number of anilines is 1. The van der Waals surface area contributed by atoms with Crippen molar-refractivity contribution in [1.82, 2.24) is 25.3 Å². The minimum Gasteiger partial charge on any atom is -0.494 e. The van der Waals surface area contributed by atoms with E-state index in [-0.39, 0.29) is 5.91 Å². The lowest BCUT2D eigenvalue weighted by Crippen LogP contribution is -2.28. The Morgan fingerprint density at radius 3 is 2.38 bits per heavy atom. The molecule has 0 unspecified atom stereocenters. The van der Waals surface area contributed by atoms with Crippen molar-refractivity contribution in [2.24, 2.45) is 0 Å². The van der Waals surface area contributed by atoms with Crippen LogP contribution in [0.25, 0.3) is 5.82 Å². The fraction of sp³-hybridized carbons (Fsp3) is 0.333. The van der Waals surface area contributed by atoms with Crippen LogP contribution in [0.15, 0.2) is 36.4 Å². The Morgan fingerprint density at radius 2 is 1.79 bits per heavy atom. The third-order valence-electron chi connectivity index (χ3n) is 4.66. The van der Waals surface area contributed by atoms with Gasteiger partial charge < -0.3 is 15.4 Å². The number of hydrogen-bond donors (Lipinski definition) is 2. The molecule has 152 valence electrons. The molecule has 0 aliphatic rings. The van der Waals surface area contributed by atoms with Gasteiger partial charge in [-0.05, 0) is 69.7 Å². The topological polar surface area (TPSA) is 94.0 Å². The molecule has 2 heterocycles. The van der Waals surface area contributed by atoms with Crippen LogP contribution in [-0.2, 0) is 0 Å². The lowest BCUT2D eigenvalue weighted by atomic mass is 10.2. The first-order chi connectivity index (χ1) is 14.0. The zero-order valence-electron chi connectivity index (χ0n) is 17.2. The third kappa shape index (κ3) is 4.90. The van der Waals surface area contributed by atoms with Gasteiger partial charge in [0.05, 0.1) is 12.3 Å². The average molecular weight is 394 g/mol. The second-order valence-corrected chi connectivity index (χ2v) is 6.62. The molecule has 1 aromatic carbocycles. The number of amides is 1. The predicted molar refractivity (Wildman–Crippen MR) is 112 cm³/mol. The van der Waals surface area contributed by atoms with Crippen LogP contribution in [0, 0.1) is 20.8 Å². The highest BCUT2D eigenvalue weighted by Crippen LogP contribution is 2.15. The molecule has 8 heteroatoms. The summed E-state index contributed by atoms with van der Waals surface area (Å²) in [6.45, 7) is 9.55. The van der Waals surface area contributed by atoms with E-state index in [2.05, 4.69) is 25.9 Å². The van der Waals surface area contributed by atoms with E-state index >= 15 is 0 Å². The zero-order valence-corrected chi connectivity index (χ0v) is 17.2. The molecule has 2 N–H and O–H groups in total. The summed E-state index contributed by atoms with van der Waals surface area (Å²) in [5, 5.41) is 18.9. The van der Waals surface area contributed by atoms with Crippen LogP contribution in [0.3, 0.4) is 0 Å². The summed E-state index contributed by atoms with van der Waals surface area (Å²) < 4.78 is 7.17. The maximum atomic E-state index is 12.2. The van der Waals surface area contributed by atoms with Crippen molar-refractivity contribution in [2.75, 3.05) is 25.0 Å². The smallest absolute Gasteiger partial charge is 0.251 e. The maximum Gasteiger partial charge on any atom is 0.251 e. The molecule has 0 aliphatic carbocycles. The Balaban J connectivity index is 1.48. The van der Waals surface area contributed by atoms with Gasteiger partial charge in [-0.1, -0.05) is 0 Å². The summed E-state index contributed by atoms with van der Waals surface area (Å²) >= 11 is 0. The molecular weight excluding hydrogens is 368 g/mol. The van der Waals surface area contributed by atoms with Crippen LogP contribution in [0.2, 0.25) is 0 Å². The molecule has 0 spiro atoms. The van der Waals surface area contributed by atoms with E-state index in [0.717, 1.165) is 22.7 Å². The van der Waals surface area contributed by atoms with E-state index < -0.39 is 0 Å². The highest BCUT2D eigenvalue weighted by molar-refractivity contribution is 5.94. The Bertz CT molecular complexity index is 964. The van der Waals surface area contributed by atoms with Crippen molar-refractivity contribution >= 4 is 11.7 Å². The molecule has 2 aromatic heterocycles. The molecule has 3 aromatic rings. The monoisotopic (exact) mass is 394 g/mol. The van der Waals surface area contributed by atoms with Crippen LogP contribution in [0.5, 0.6) is 5.75 Å². The van der Waals surface area contributed by atoms with Gasteiger partial charge in [0.15, 0.2) is 5.82 Å². The second kappa shape index (κ2) is 9.18. The fourth-order valence-electron chi connectivity index (χ4n) is 2.81. The molecule has 29 heavy (non-hydrogen) atoms. The quantitative estimate of drug-likeness (QED) is 0.571. The number of rotatable bonds is 8. The molecule has 0 saturated heterocycles. The molecule has 0 fully saturated rings. The molecule has 1 amide bonds. The van der Waals surface area contributed by atoms with E-state index in [1.807, 2.05) is 39.8 Å². The highest BCUT2D eigenvalue weighted by Gasteiger charge is 2.10. The van der Waals surface area contributed by atoms with Crippen molar-refractivity contribution in [3.63, 3.8) is 0 Å². The molecule has 8 nitrogen and oxygen atoms in total. The van der Waals surface area contributed by atoms with Crippen LogP contribution >= 0.6 is 0 Å². The number of aromatic nitrogens is 4. The standard InChI is InChI=1S/C21H26N6O2/c1-5-29-18-8-6-17(7-9-18)21(28)23-13-12-22-19-10-11-20(25-24-19)27-16(4)14(2)15(3)26-27/h6-11H,5,12-13H2,1-4H3,(H,22,24)(H,23,28). The number of hydrogen-bond acceptors (Lipinski definition) is 6. The van der Waals surface area contributed by atoms with E-state index in [4.69, 9.17) is 4.74 Å². The van der Waals surface area contributed by atoms with Crippen LogP contribution < -0.4 is 15.4 Å². The van der Waals surface area contributed by atoms with Gasteiger partial charge >= 0.3 is 0 Å². The summed E-state index contributed by atoms with van der Waals surface area (Å²) in [5.41, 5.74) is 3.78. The third-order valence-corrected chi connectivity index (χ3v) is 4.66. The average Bonchev–Trinajstić information content (AvgIpc) is 2.99. The van der Waals surface area contributed by atoms with E-state index in [1.54, 1.807) is 28.9 Å². The summed E-state index contributed by atoms with van der Waals surface area (Å²) in [6, 6.07) is 10.8. The number of ether oxygens (including phenoxy) is 1. The number of carbonyl (C=O) groups excluding carboxylic acids is 1. The minimum absolute atomic E-state index is 0.129. The Labute approximate surface area is 170 Å². The van der Waals surface area contributed by atoms with Gasteiger partial charge in [0.2, 0.25) is 0 Å². The van der Waals surface area contributed by atoms with Crippen LogP contribution in [0.1, 0.15) is 34.2 Å². The number of nitrogens with one attached hydrogen (secondary N) is 2. The van der Waals surface area contributed by atoms with Crippen LogP contribution in [0.4, 0.5) is 5.82 Å². The Kier molecular flexibility index (Phi) is 6.43. The van der Waals surface area contributed by atoms with Gasteiger partial charge in [0, 0.05) is 24.3 Å². The summed E-state index contributed by atoms with van der Waals surface area (Å²) in [6.07, 6.45) is 0. The number of carbonyl (C=O) groups is 1.